The number of alkyl halides is 3. The van der Waals surface area contributed by atoms with Gasteiger partial charge < -0.3 is 4.74 Å². The largest absolute Gasteiger partial charge is 0.573 e. The summed E-state index contributed by atoms with van der Waals surface area (Å²) >= 11 is 5.33. The van der Waals surface area contributed by atoms with Crippen LogP contribution in [0.15, 0.2) is 18.2 Å². The van der Waals surface area contributed by atoms with E-state index in [9.17, 15) is 17.6 Å². The molecule has 1 aromatic rings. The molecule has 0 radical (unpaired) electrons. The molecule has 0 bridgehead atoms. The summed E-state index contributed by atoms with van der Waals surface area (Å²) in [7, 11) is 0. The van der Waals surface area contributed by atoms with Crippen molar-refractivity contribution in [3.63, 3.8) is 0 Å². The van der Waals surface area contributed by atoms with E-state index in [-0.39, 0.29) is 5.02 Å². The molecule has 0 unspecified atom stereocenters. The molecule has 0 atom stereocenters. The van der Waals surface area contributed by atoms with Crippen LogP contribution in [0.25, 0.3) is 0 Å². The van der Waals surface area contributed by atoms with E-state index in [1.54, 1.807) is 0 Å². The number of benzene rings is 1. The first kappa shape index (κ1) is 10.1. The van der Waals surface area contributed by atoms with Gasteiger partial charge >= 0.3 is 6.36 Å². The molecule has 0 N–H and O–H groups in total. The van der Waals surface area contributed by atoms with Crippen molar-refractivity contribution in [2.45, 2.75) is 6.36 Å². The predicted octanol–water partition coefficient (Wildman–Crippen LogP) is 3.38. The van der Waals surface area contributed by atoms with Crippen LogP contribution >= 0.6 is 11.6 Å². The molecule has 0 spiro atoms. The maximum atomic E-state index is 12.6. The van der Waals surface area contributed by atoms with Crippen LogP contribution in [-0.2, 0) is 0 Å². The molecule has 0 aliphatic carbocycles. The Bertz CT molecular complexity index is 310. The zero-order chi connectivity index (χ0) is 10.1. The van der Waals surface area contributed by atoms with Gasteiger partial charge in [-0.1, -0.05) is 11.6 Å². The summed E-state index contributed by atoms with van der Waals surface area (Å²) in [6.07, 6.45) is -4.91. The number of rotatable bonds is 1. The summed E-state index contributed by atoms with van der Waals surface area (Å²) in [6, 6.07) is 2.67. The van der Waals surface area contributed by atoms with Crippen molar-refractivity contribution in [1.29, 1.82) is 0 Å². The van der Waals surface area contributed by atoms with E-state index in [0.717, 1.165) is 18.2 Å². The van der Waals surface area contributed by atoms with E-state index in [2.05, 4.69) is 4.74 Å². The van der Waals surface area contributed by atoms with E-state index in [1.165, 1.54) is 0 Å². The van der Waals surface area contributed by atoms with Crippen molar-refractivity contribution in [2.24, 2.45) is 0 Å². The van der Waals surface area contributed by atoms with Gasteiger partial charge in [0, 0.05) is 11.1 Å². The van der Waals surface area contributed by atoms with Crippen LogP contribution in [0.4, 0.5) is 17.6 Å². The fourth-order valence-electron chi connectivity index (χ4n) is 0.680. The maximum Gasteiger partial charge on any atom is 0.573 e. The van der Waals surface area contributed by atoms with Gasteiger partial charge in [-0.05, 0) is 12.1 Å². The van der Waals surface area contributed by atoms with Crippen LogP contribution in [0.3, 0.4) is 0 Å². The van der Waals surface area contributed by atoms with Crippen LogP contribution < -0.4 is 4.74 Å². The number of halogens is 5. The third-order valence-corrected chi connectivity index (χ3v) is 1.35. The van der Waals surface area contributed by atoms with E-state index in [4.69, 9.17) is 11.6 Å². The Hall–Kier alpha value is -0.970. The molecule has 72 valence electrons. The van der Waals surface area contributed by atoms with Gasteiger partial charge in [0.15, 0.2) is 11.6 Å². The summed E-state index contributed by atoms with van der Waals surface area (Å²) in [5, 5.41) is -0.0272. The lowest BCUT2D eigenvalue weighted by atomic mass is 10.3. The number of hydrogen-bond acceptors (Lipinski definition) is 1. The predicted molar refractivity (Wildman–Crippen MR) is 38.1 cm³/mol. The molecule has 0 saturated heterocycles. The molecule has 0 heterocycles. The Morgan fingerprint density at radius 2 is 1.85 bits per heavy atom. The van der Waals surface area contributed by atoms with Crippen LogP contribution in [0, 0.1) is 5.82 Å². The zero-order valence-electron chi connectivity index (χ0n) is 6.03. The van der Waals surface area contributed by atoms with Crippen molar-refractivity contribution in [3.8, 4) is 5.75 Å². The van der Waals surface area contributed by atoms with Crippen LogP contribution in [0.1, 0.15) is 0 Å². The maximum absolute atomic E-state index is 12.6. The number of hydrogen-bond donors (Lipinski definition) is 0. The first-order chi connectivity index (χ1) is 5.88. The third-order valence-electron chi connectivity index (χ3n) is 1.12. The van der Waals surface area contributed by atoms with Crippen LogP contribution in [-0.4, -0.2) is 6.36 Å². The Labute approximate surface area is 75.9 Å². The van der Waals surface area contributed by atoms with Crippen molar-refractivity contribution < 1.29 is 22.3 Å². The zero-order valence-corrected chi connectivity index (χ0v) is 6.79. The minimum absolute atomic E-state index is 0.0272. The fourth-order valence-corrected chi connectivity index (χ4v) is 0.842. The molecule has 0 aliphatic rings. The monoisotopic (exact) mass is 214 g/mol. The second kappa shape index (κ2) is 3.41. The topological polar surface area (TPSA) is 9.23 Å². The lowest BCUT2D eigenvalue weighted by Gasteiger charge is -2.09. The second-order valence-electron chi connectivity index (χ2n) is 2.12. The smallest absolute Gasteiger partial charge is 0.403 e. The molecule has 1 rings (SSSR count). The summed E-state index contributed by atoms with van der Waals surface area (Å²) < 4.78 is 50.8. The molecular weight excluding hydrogens is 212 g/mol. The van der Waals surface area contributed by atoms with Gasteiger partial charge in [0.1, 0.15) is 0 Å². The van der Waals surface area contributed by atoms with E-state index in [0.29, 0.717) is 0 Å². The minimum Gasteiger partial charge on any atom is -0.403 e. The molecule has 1 aromatic carbocycles. The van der Waals surface area contributed by atoms with E-state index >= 15 is 0 Å². The van der Waals surface area contributed by atoms with Crippen molar-refractivity contribution in [2.75, 3.05) is 0 Å². The van der Waals surface area contributed by atoms with Gasteiger partial charge in [-0.3, -0.25) is 0 Å². The Morgan fingerprint density at radius 1 is 1.23 bits per heavy atom. The molecular formula is C7H3ClF4O. The fraction of sp³-hybridized carbons (Fsp3) is 0.143. The number of ether oxygens (including phenoxy) is 1. The highest BCUT2D eigenvalue weighted by atomic mass is 35.5. The minimum atomic E-state index is -4.91. The standard InChI is InChI=1S/C7H3ClF4O/c8-4-1-2-5(9)6(3-4)13-7(10,11)12/h1-3H. The average molecular weight is 215 g/mol. The molecule has 0 aliphatic heterocycles. The van der Waals surface area contributed by atoms with Crippen molar-refractivity contribution in [3.05, 3.63) is 29.0 Å². The molecule has 0 fully saturated rings. The SMILES string of the molecule is Fc1ccc(Cl)cc1OC(F)(F)F. The molecule has 0 amide bonds. The highest BCUT2D eigenvalue weighted by Gasteiger charge is 2.32. The van der Waals surface area contributed by atoms with Crippen molar-refractivity contribution >= 4 is 11.6 Å². The van der Waals surface area contributed by atoms with Crippen LogP contribution in [0.2, 0.25) is 5.02 Å². The normalized spacial score (nSPS) is 11.5. The van der Waals surface area contributed by atoms with Gasteiger partial charge in [0.05, 0.1) is 0 Å². The Morgan fingerprint density at radius 3 is 2.38 bits per heavy atom. The second-order valence-corrected chi connectivity index (χ2v) is 2.56. The quantitative estimate of drug-likeness (QED) is 0.651. The van der Waals surface area contributed by atoms with Gasteiger partial charge in [-0.15, -0.1) is 13.2 Å². The third kappa shape index (κ3) is 3.10. The average Bonchev–Trinajstić information content (AvgIpc) is 1.94. The lowest BCUT2D eigenvalue weighted by Crippen LogP contribution is -2.17. The summed E-state index contributed by atoms with van der Waals surface area (Å²) in [4.78, 5) is 0. The highest BCUT2D eigenvalue weighted by Crippen LogP contribution is 2.27. The first-order valence-corrected chi connectivity index (χ1v) is 3.47. The highest BCUT2D eigenvalue weighted by molar-refractivity contribution is 6.30. The van der Waals surface area contributed by atoms with Crippen molar-refractivity contribution in [1.82, 2.24) is 0 Å². The van der Waals surface area contributed by atoms with Gasteiger partial charge in [-0.2, -0.15) is 0 Å². The Kier molecular flexibility index (Phi) is 2.66. The summed E-state index contributed by atoms with van der Waals surface area (Å²) in [6.45, 7) is 0. The molecule has 0 aromatic heterocycles. The molecule has 13 heavy (non-hydrogen) atoms. The molecule has 0 saturated carbocycles. The Balaban J connectivity index is 2.94. The van der Waals surface area contributed by atoms with Gasteiger partial charge in [0.2, 0.25) is 0 Å². The lowest BCUT2D eigenvalue weighted by molar-refractivity contribution is -0.275. The van der Waals surface area contributed by atoms with E-state index < -0.39 is 17.9 Å². The van der Waals surface area contributed by atoms with E-state index in [1.807, 2.05) is 0 Å². The van der Waals surface area contributed by atoms with Crippen LogP contribution in [0.5, 0.6) is 5.75 Å². The first-order valence-electron chi connectivity index (χ1n) is 3.09. The molecule has 1 nitrogen and oxygen atoms in total. The molecule has 6 heteroatoms. The van der Waals surface area contributed by atoms with Gasteiger partial charge in [0.25, 0.3) is 0 Å². The van der Waals surface area contributed by atoms with Gasteiger partial charge in [-0.25, -0.2) is 4.39 Å². The summed E-state index contributed by atoms with van der Waals surface area (Å²) in [5.41, 5.74) is 0. The summed E-state index contributed by atoms with van der Waals surface area (Å²) in [5.74, 6) is -2.04.